The zero-order chi connectivity index (χ0) is 10.3. The smallest absolute Gasteiger partial charge is 0.0444 e. The Hall–Kier alpha value is -0.530. The van der Waals surface area contributed by atoms with E-state index in [1.54, 1.807) is 0 Å². The fourth-order valence-electron chi connectivity index (χ4n) is 2.38. The lowest BCUT2D eigenvalue weighted by Gasteiger charge is -2.28. The number of halogens is 1. The van der Waals surface area contributed by atoms with Crippen molar-refractivity contribution in [2.24, 2.45) is 5.73 Å². The van der Waals surface area contributed by atoms with Gasteiger partial charge in [0.2, 0.25) is 0 Å². The highest BCUT2D eigenvalue weighted by Gasteiger charge is 2.33. The summed E-state index contributed by atoms with van der Waals surface area (Å²) in [7, 11) is 0. The Morgan fingerprint density at radius 1 is 1.43 bits per heavy atom. The van der Waals surface area contributed by atoms with Gasteiger partial charge in [-0.2, -0.15) is 0 Å². The van der Waals surface area contributed by atoms with Gasteiger partial charge >= 0.3 is 0 Å². The molecule has 0 aliphatic heterocycles. The minimum Gasteiger partial charge on any atom is -0.325 e. The Labute approximate surface area is 90.3 Å². The molecular weight excluding hydrogens is 194 g/mol. The van der Waals surface area contributed by atoms with E-state index >= 15 is 0 Å². The monoisotopic (exact) mass is 209 g/mol. The zero-order valence-corrected chi connectivity index (χ0v) is 9.43. The maximum atomic E-state index is 6.21. The molecule has 0 amide bonds. The van der Waals surface area contributed by atoms with E-state index < -0.39 is 0 Å². The van der Waals surface area contributed by atoms with Crippen molar-refractivity contribution >= 4 is 11.6 Å². The summed E-state index contributed by atoms with van der Waals surface area (Å²) in [5.74, 6) is 0.409. The molecule has 1 unspecified atom stereocenters. The molecule has 0 radical (unpaired) electrons. The first-order chi connectivity index (χ1) is 6.50. The van der Waals surface area contributed by atoms with Crippen molar-refractivity contribution in [2.45, 2.75) is 38.1 Å². The summed E-state index contributed by atoms with van der Waals surface area (Å²) >= 11 is 6.21. The van der Waals surface area contributed by atoms with Crippen molar-refractivity contribution in [3.05, 3.63) is 34.3 Å². The molecule has 1 aliphatic rings. The van der Waals surface area contributed by atoms with Gasteiger partial charge in [-0.05, 0) is 43.9 Å². The number of aryl methyl sites for hydroxylation is 1. The number of hydrogen-bond acceptors (Lipinski definition) is 1. The number of fused-ring (bicyclic) bond motifs is 1. The molecule has 2 heteroatoms. The molecule has 1 aromatic carbocycles. The van der Waals surface area contributed by atoms with Gasteiger partial charge in [-0.1, -0.05) is 23.7 Å². The summed E-state index contributed by atoms with van der Waals surface area (Å²) in [6.07, 6.45) is 2.24. The van der Waals surface area contributed by atoms with Crippen LogP contribution in [0.2, 0.25) is 5.02 Å². The summed E-state index contributed by atoms with van der Waals surface area (Å²) in [6.45, 7) is 4.16. The van der Waals surface area contributed by atoms with Gasteiger partial charge in [-0.15, -0.1) is 0 Å². The molecule has 14 heavy (non-hydrogen) atoms. The third-order valence-corrected chi connectivity index (χ3v) is 3.42. The van der Waals surface area contributed by atoms with E-state index in [1.165, 1.54) is 11.1 Å². The Balaban J connectivity index is 2.48. The van der Waals surface area contributed by atoms with E-state index in [0.717, 1.165) is 17.9 Å². The normalized spacial score (nSPS) is 21.0. The Morgan fingerprint density at radius 2 is 2.14 bits per heavy atom. The molecule has 0 saturated carbocycles. The predicted octanol–water partition coefficient (Wildman–Crippen LogP) is 3.11. The SMILES string of the molecule is CC(C)(N)C1CCc2cccc(Cl)c21. The van der Waals surface area contributed by atoms with Gasteiger partial charge in [-0.3, -0.25) is 0 Å². The second-order valence-corrected chi connectivity index (χ2v) is 5.13. The Kier molecular flexibility index (Phi) is 2.32. The third kappa shape index (κ3) is 1.55. The van der Waals surface area contributed by atoms with Crippen LogP contribution in [0.5, 0.6) is 0 Å². The lowest BCUT2D eigenvalue weighted by molar-refractivity contribution is 0.409. The van der Waals surface area contributed by atoms with Crippen LogP contribution in [0.15, 0.2) is 18.2 Å². The third-order valence-electron chi connectivity index (χ3n) is 3.09. The second-order valence-electron chi connectivity index (χ2n) is 4.73. The van der Waals surface area contributed by atoms with Crippen molar-refractivity contribution in [1.82, 2.24) is 0 Å². The lowest BCUT2D eigenvalue weighted by atomic mass is 9.84. The van der Waals surface area contributed by atoms with Crippen molar-refractivity contribution in [3.63, 3.8) is 0 Å². The van der Waals surface area contributed by atoms with Gasteiger partial charge in [0.05, 0.1) is 0 Å². The van der Waals surface area contributed by atoms with Crippen LogP contribution in [-0.2, 0) is 6.42 Å². The van der Waals surface area contributed by atoms with E-state index in [0.29, 0.717) is 5.92 Å². The maximum absolute atomic E-state index is 6.21. The molecule has 1 nitrogen and oxygen atoms in total. The molecule has 0 spiro atoms. The molecule has 0 fully saturated rings. The highest BCUT2D eigenvalue weighted by Crippen LogP contribution is 2.42. The van der Waals surface area contributed by atoms with Gasteiger partial charge in [-0.25, -0.2) is 0 Å². The lowest BCUT2D eigenvalue weighted by Crippen LogP contribution is -2.38. The fraction of sp³-hybridized carbons (Fsp3) is 0.500. The fourth-order valence-corrected chi connectivity index (χ4v) is 2.70. The molecule has 0 aromatic heterocycles. The largest absolute Gasteiger partial charge is 0.325 e. The summed E-state index contributed by atoms with van der Waals surface area (Å²) < 4.78 is 0. The number of rotatable bonds is 1. The van der Waals surface area contributed by atoms with Crippen LogP contribution in [0, 0.1) is 0 Å². The van der Waals surface area contributed by atoms with Crippen LogP contribution < -0.4 is 5.73 Å². The predicted molar refractivity (Wildman–Crippen MR) is 60.8 cm³/mol. The molecule has 2 N–H and O–H groups in total. The minimum atomic E-state index is -0.170. The van der Waals surface area contributed by atoms with Crippen LogP contribution in [0.25, 0.3) is 0 Å². The highest BCUT2D eigenvalue weighted by atomic mass is 35.5. The van der Waals surface area contributed by atoms with E-state index in [9.17, 15) is 0 Å². The first-order valence-corrected chi connectivity index (χ1v) is 5.44. The first kappa shape index (κ1) is 10.0. The van der Waals surface area contributed by atoms with Crippen molar-refractivity contribution in [2.75, 3.05) is 0 Å². The van der Waals surface area contributed by atoms with Gasteiger partial charge in [0, 0.05) is 16.5 Å². The van der Waals surface area contributed by atoms with Crippen molar-refractivity contribution in [3.8, 4) is 0 Å². The second kappa shape index (κ2) is 3.25. The quantitative estimate of drug-likeness (QED) is 0.756. The molecule has 76 valence electrons. The van der Waals surface area contributed by atoms with Crippen LogP contribution in [0.4, 0.5) is 0 Å². The van der Waals surface area contributed by atoms with E-state index in [-0.39, 0.29) is 5.54 Å². The minimum absolute atomic E-state index is 0.170. The van der Waals surface area contributed by atoms with Gasteiger partial charge in [0.25, 0.3) is 0 Å². The number of nitrogens with two attached hydrogens (primary N) is 1. The van der Waals surface area contributed by atoms with Gasteiger partial charge in [0.1, 0.15) is 0 Å². The number of benzene rings is 1. The maximum Gasteiger partial charge on any atom is 0.0444 e. The zero-order valence-electron chi connectivity index (χ0n) is 8.68. The van der Waals surface area contributed by atoms with Crippen LogP contribution in [0.3, 0.4) is 0 Å². The molecule has 0 heterocycles. The van der Waals surface area contributed by atoms with Crippen LogP contribution in [0.1, 0.15) is 37.3 Å². The summed E-state index contributed by atoms with van der Waals surface area (Å²) in [6, 6.07) is 6.14. The Morgan fingerprint density at radius 3 is 2.79 bits per heavy atom. The molecule has 2 rings (SSSR count). The van der Waals surface area contributed by atoms with Gasteiger partial charge in [0.15, 0.2) is 0 Å². The molecule has 1 atom stereocenters. The molecular formula is C12H16ClN. The highest BCUT2D eigenvalue weighted by molar-refractivity contribution is 6.31. The van der Waals surface area contributed by atoms with Crippen molar-refractivity contribution < 1.29 is 0 Å². The molecule has 0 bridgehead atoms. The molecule has 0 saturated heterocycles. The molecule has 1 aromatic rings. The Bertz CT molecular complexity index is 352. The average Bonchev–Trinajstić information content (AvgIpc) is 2.47. The van der Waals surface area contributed by atoms with Crippen LogP contribution in [-0.4, -0.2) is 5.54 Å². The van der Waals surface area contributed by atoms with Crippen molar-refractivity contribution in [1.29, 1.82) is 0 Å². The van der Waals surface area contributed by atoms with Gasteiger partial charge < -0.3 is 5.73 Å². The summed E-state index contributed by atoms with van der Waals surface area (Å²) in [4.78, 5) is 0. The van der Waals surface area contributed by atoms with Crippen LogP contribution >= 0.6 is 11.6 Å². The van der Waals surface area contributed by atoms with E-state index in [1.807, 2.05) is 12.1 Å². The molecule has 1 aliphatic carbocycles. The standard InChI is InChI=1S/C12H16ClN/c1-12(2,14)9-7-6-8-4-3-5-10(13)11(8)9/h3-5,9H,6-7,14H2,1-2H3. The van der Waals surface area contributed by atoms with E-state index in [2.05, 4.69) is 19.9 Å². The number of hydrogen-bond donors (Lipinski definition) is 1. The van der Waals surface area contributed by atoms with E-state index in [4.69, 9.17) is 17.3 Å². The first-order valence-electron chi connectivity index (χ1n) is 5.06. The average molecular weight is 210 g/mol. The topological polar surface area (TPSA) is 26.0 Å². The summed E-state index contributed by atoms with van der Waals surface area (Å²) in [5.41, 5.74) is 8.65. The summed E-state index contributed by atoms with van der Waals surface area (Å²) in [5, 5.41) is 0.878.